The van der Waals surface area contributed by atoms with Crippen LogP contribution in [0.2, 0.25) is 0 Å². The van der Waals surface area contributed by atoms with Crippen molar-refractivity contribution >= 4 is 5.91 Å². The van der Waals surface area contributed by atoms with Crippen LogP contribution in [-0.4, -0.2) is 10.8 Å². The molecular formula is C11H15NO. The quantitative estimate of drug-likeness (QED) is 0.477. The third-order valence-corrected chi connectivity index (χ3v) is 1.49. The molecule has 2 nitrogen and oxygen atoms in total. The summed E-state index contributed by atoms with van der Waals surface area (Å²) in [6, 6.07) is 0. The van der Waals surface area contributed by atoms with Crippen molar-refractivity contribution in [3.8, 4) is 0 Å². The Balaban J connectivity index is 4.89. The maximum Gasteiger partial charge on any atom is 0.254 e. The monoisotopic (exact) mass is 177 g/mol. The van der Waals surface area contributed by atoms with Crippen LogP contribution in [0.25, 0.3) is 0 Å². The first-order valence-electron chi connectivity index (χ1n) is 4.08. The first-order chi connectivity index (χ1) is 6.21. The molecule has 0 aromatic heterocycles. The van der Waals surface area contributed by atoms with Crippen LogP contribution in [-0.2, 0) is 4.79 Å². The summed E-state index contributed by atoms with van der Waals surface area (Å²) < 4.78 is 0. The van der Waals surface area contributed by atoms with Crippen molar-refractivity contribution in [2.75, 3.05) is 0 Å². The number of hydrogen-bond donors (Lipinski definition) is 0. The van der Waals surface area contributed by atoms with Crippen LogP contribution >= 0.6 is 0 Å². The minimum atomic E-state index is -0.161. The average Bonchev–Trinajstić information content (AvgIpc) is 2.17. The van der Waals surface area contributed by atoms with Gasteiger partial charge in [0.05, 0.1) is 0 Å². The third-order valence-electron chi connectivity index (χ3n) is 1.49. The Morgan fingerprint density at radius 2 is 1.85 bits per heavy atom. The summed E-state index contributed by atoms with van der Waals surface area (Å²) in [6.45, 7) is 10.7. The SMILES string of the molecule is C=CC(=O)N(/C=C\C)/C(C=C)=C/C. The molecule has 0 spiro atoms. The molecule has 0 radical (unpaired) electrons. The van der Waals surface area contributed by atoms with Gasteiger partial charge in [0, 0.05) is 11.9 Å². The fraction of sp³-hybridized carbons (Fsp3) is 0.182. The van der Waals surface area contributed by atoms with Crippen molar-refractivity contribution in [1.29, 1.82) is 0 Å². The van der Waals surface area contributed by atoms with E-state index in [1.807, 2.05) is 19.9 Å². The topological polar surface area (TPSA) is 20.3 Å². The van der Waals surface area contributed by atoms with E-state index in [0.29, 0.717) is 0 Å². The molecule has 70 valence electrons. The normalized spacial score (nSPS) is 11.4. The second kappa shape index (κ2) is 6.00. The predicted octanol–water partition coefficient (Wildman–Crippen LogP) is 2.62. The molecule has 2 heteroatoms. The second-order valence-corrected chi connectivity index (χ2v) is 2.31. The van der Waals surface area contributed by atoms with Crippen LogP contribution in [0.4, 0.5) is 0 Å². The third kappa shape index (κ3) is 3.11. The molecule has 0 fully saturated rings. The lowest BCUT2D eigenvalue weighted by Crippen LogP contribution is -2.21. The van der Waals surface area contributed by atoms with E-state index < -0.39 is 0 Å². The molecule has 0 aliphatic rings. The van der Waals surface area contributed by atoms with Crippen LogP contribution in [0.1, 0.15) is 13.8 Å². The number of nitrogens with zero attached hydrogens (tertiary/aromatic N) is 1. The van der Waals surface area contributed by atoms with Crippen molar-refractivity contribution in [2.24, 2.45) is 0 Å². The zero-order chi connectivity index (χ0) is 10.3. The Labute approximate surface area is 79.6 Å². The van der Waals surface area contributed by atoms with E-state index in [4.69, 9.17) is 0 Å². The molecule has 0 aromatic carbocycles. The molecule has 0 atom stereocenters. The molecule has 0 unspecified atom stereocenters. The van der Waals surface area contributed by atoms with Crippen molar-refractivity contribution in [1.82, 2.24) is 4.90 Å². The molecule has 0 aliphatic heterocycles. The van der Waals surface area contributed by atoms with Crippen molar-refractivity contribution in [2.45, 2.75) is 13.8 Å². The van der Waals surface area contributed by atoms with E-state index in [2.05, 4.69) is 13.2 Å². The van der Waals surface area contributed by atoms with Gasteiger partial charge < -0.3 is 0 Å². The van der Waals surface area contributed by atoms with E-state index in [1.165, 1.54) is 11.0 Å². The number of rotatable bonds is 4. The van der Waals surface area contributed by atoms with Crippen molar-refractivity contribution in [3.63, 3.8) is 0 Å². The van der Waals surface area contributed by atoms with Gasteiger partial charge in [-0.3, -0.25) is 9.69 Å². The maximum absolute atomic E-state index is 11.3. The average molecular weight is 177 g/mol. The fourth-order valence-electron chi connectivity index (χ4n) is 0.889. The number of carbonyl (C=O) groups is 1. The van der Waals surface area contributed by atoms with Crippen LogP contribution < -0.4 is 0 Å². The zero-order valence-corrected chi connectivity index (χ0v) is 8.16. The van der Waals surface area contributed by atoms with Crippen LogP contribution in [0.5, 0.6) is 0 Å². The predicted molar refractivity (Wildman–Crippen MR) is 55.8 cm³/mol. The van der Waals surface area contributed by atoms with Gasteiger partial charge in [0.25, 0.3) is 5.91 Å². The lowest BCUT2D eigenvalue weighted by molar-refractivity contribution is -0.121. The Morgan fingerprint density at radius 3 is 2.15 bits per heavy atom. The Morgan fingerprint density at radius 1 is 1.23 bits per heavy atom. The maximum atomic E-state index is 11.3. The number of carbonyl (C=O) groups excluding carboxylic acids is 1. The first kappa shape index (κ1) is 11.4. The molecule has 13 heavy (non-hydrogen) atoms. The highest BCUT2D eigenvalue weighted by Gasteiger charge is 2.07. The van der Waals surface area contributed by atoms with Crippen LogP contribution in [0, 0.1) is 0 Å². The van der Waals surface area contributed by atoms with Gasteiger partial charge in [0.15, 0.2) is 0 Å². The van der Waals surface area contributed by atoms with Gasteiger partial charge in [-0.1, -0.05) is 25.3 Å². The number of hydrogen-bond acceptors (Lipinski definition) is 1. The van der Waals surface area contributed by atoms with Gasteiger partial charge in [-0.25, -0.2) is 0 Å². The summed E-state index contributed by atoms with van der Waals surface area (Å²) in [7, 11) is 0. The molecule has 0 N–H and O–H groups in total. The van der Waals surface area contributed by atoms with Gasteiger partial charge in [-0.15, -0.1) is 0 Å². The van der Waals surface area contributed by atoms with Gasteiger partial charge in [-0.05, 0) is 26.0 Å². The summed E-state index contributed by atoms with van der Waals surface area (Å²) >= 11 is 0. The molecule has 0 saturated heterocycles. The smallest absolute Gasteiger partial charge is 0.254 e. The Hall–Kier alpha value is -1.57. The summed E-state index contributed by atoms with van der Waals surface area (Å²) in [5.41, 5.74) is 0.753. The summed E-state index contributed by atoms with van der Waals surface area (Å²) in [5, 5.41) is 0. The second-order valence-electron chi connectivity index (χ2n) is 2.31. The Kier molecular flexibility index (Phi) is 5.28. The Bertz CT molecular complexity index is 261. The zero-order valence-electron chi connectivity index (χ0n) is 8.16. The minimum absolute atomic E-state index is 0.161. The van der Waals surface area contributed by atoms with Gasteiger partial charge in [0.1, 0.15) is 0 Å². The number of allylic oxidation sites excluding steroid dienone is 3. The summed E-state index contributed by atoms with van der Waals surface area (Å²) in [6.07, 6.45) is 8.18. The van der Waals surface area contributed by atoms with E-state index in [0.717, 1.165) is 5.70 Å². The largest absolute Gasteiger partial charge is 0.285 e. The molecule has 0 aliphatic carbocycles. The molecule has 0 saturated carbocycles. The lowest BCUT2D eigenvalue weighted by Gasteiger charge is -2.16. The van der Waals surface area contributed by atoms with E-state index in [-0.39, 0.29) is 5.91 Å². The highest BCUT2D eigenvalue weighted by molar-refractivity contribution is 5.89. The lowest BCUT2D eigenvalue weighted by atomic mass is 10.3. The highest BCUT2D eigenvalue weighted by Crippen LogP contribution is 2.07. The summed E-state index contributed by atoms with van der Waals surface area (Å²) in [4.78, 5) is 12.8. The van der Waals surface area contributed by atoms with Crippen LogP contribution in [0.3, 0.4) is 0 Å². The summed E-state index contributed by atoms with van der Waals surface area (Å²) in [5.74, 6) is -0.161. The van der Waals surface area contributed by atoms with E-state index in [1.54, 1.807) is 18.4 Å². The first-order valence-corrected chi connectivity index (χ1v) is 4.08. The van der Waals surface area contributed by atoms with Crippen molar-refractivity contribution < 1.29 is 4.79 Å². The molecule has 0 heterocycles. The molecule has 0 rings (SSSR count). The van der Waals surface area contributed by atoms with E-state index in [9.17, 15) is 4.79 Å². The fourth-order valence-corrected chi connectivity index (χ4v) is 0.889. The number of amides is 1. The molecule has 1 amide bonds. The highest BCUT2D eigenvalue weighted by atomic mass is 16.2. The van der Waals surface area contributed by atoms with Gasteiger partial charge in [-0.2, -0.15) is 0 Å². The van der Waals surface area contributed by atoms with Crippen molar-refractivity contribution in [3.05, 3.63) is 49.4 Å². The van der Waals surface area contributed by atoms with Gasteiger partial charge >= 0.3 is 0 Å². The molecule has 0 aromatic rings. The molecular weight excluding hydrogens is 162 g/mol. The van der Waals surface area contributed by atoms with Crippen LogP contribution in [0.15, 0.2) is 49.4 Å². The minimum Gasteiger partial charge on any atom is -0.285 e. The van der Waals surface area contributed by atoms with Gasteiger partial charge in [0.2, 0.25) is 0 Å². The standard InChI is InChI=1S/C11H15NO/c1-5-9-12(11(13)8-4)10(6-2)7-3/h5-9H,2,4H2,1,3H3/b9-5-,10-7+. The molecule has 0 bridgehead atoms. The van der Waals surface area contributed by atoms with E-state index >= 15 is 0 Å².